The molecule has 2 rings (SSSR count). The number of benzene rings is 2. The van der Waals surface area contributed by atoms with Crippen LogP contribution in [-0.4, -0.2) is 6.61 Å². The van der Waals surface area contributed by atoms with Crippen LogP contribution in [0.2, 0.25) is 0 Å². The summed E-state index contributed by atoms with van der Waals surface area (Å²) in [4.78, 5) is 0. The van der Waals surface area contributed by atoms with Gasteiger partial charge in [-0.1, -0.05) is 108 Å². The first kappa shape index (κ1) is 25.8. The van der Waals surface area contributed by atoms with Gasteiger partial charge >= 0.3 is 0 Å². The van der Waals surface area contributed by atoms with Crippen molar-refractivity contribution in [3.8, 4) is 17.6 Å². The highest BCUT2D eigenvalue weighted by Crippen LogP contribution is 2.14. The fourth-order valence-corrected chi connectivity index (χ4v) is 3.61. The maximum atomic E-state index is 5.85. The van der Waals surface area contributed by atoms with Crippen molar-refractivity contribution in [2.75, 3.05) is 6.61 Å². The summed E-state index contributed by atoms with van der Waals surface area (Å²) in [6.07, 6.45) is 20.1. The van der Waals surface area contributed by atoms with Crippen molar-refractivity contribution in [3.05, 3.63) is 71.3 Å². The summed E-state index contributed by atoms with van der Waals surface area (Å²) in [5.74, 6) is 7.46. The van der Waals surface area contributed by atoms with E-state index in [4.69, 9.17) is 4.74 Å². The lowest BCUT2D eigenvalue weighted by molar-refractivity contribution is 0.304. The Balaban J connectivity index is 1.70. The monoisotopic (exact) mass is 430 g/mol. The van der Waals surface area contributed by atoms with Gasteiger partial charge in [-0.05, 0) is 61.2 Å². The Labute approximate surface area is 197 Å². The van der Waals surface area contributed by atoms with Crippen LogP contribution in [0.15, 0.2) is 54.6 Å². The quantitative estimate of drug-likeness (QED) is 0.202. The summed E-state index contributed by atoms with van der Waals surface area (Å²) < 4.78 is 5.85. The molecule has 0 N–H and O–H groups in total. The zero-order chi connectivity index (χ0) is 22.7. The smallest absolute Gasteiger partial charge is 0.119 e. The van der Waals surface area contributed by atoms with Crippen molar-refractivity contribution in [2.45, 2.75) is 90.9 Å². The van der Waals surface area contributed by atoms with Gasteiger partial charge in [0.1, 0.15) is 5.75 Å². The molecule has 32 heavy (non-hydrogen) atoms. The predicted molar refractivity (Wildman–Crippen MR) is 140 cm³/mol. The second-order valence-electron chi connectivity index (χ2n) is 8.62. The minimum atomic E-state index is 0.802. The zero-order valence-corrected chi connectivity index (χ0v) is 20.4. The lowest BCUT2D eigenvalue weighted by atomic mass is 10.1. The number of allylic oxidation sites excluding steroid dienone is 1. The van der Waals surface area contributed by atoms with E-state index >= 15 is 0 Å². The fourth-order valence-electron chi connectivity index (χ4n) is 3.61. The molecule has 0 fully saturated rings. The van der Waals surface area contributed by atoms with Crippen LogP contribution in [0.5, 0.6) is 5.75 Å². The van der Waals surface area contributed by atoms with Crippen molar-refractivity contribution in [3.63, 3.8) is 0 Å². The predicted octanol–water partition coefficient (Wildman–Crippen LogP) is 9.20. The first-order chi connectivity index (χ1) is 15.8. The topological polar surface area (TPSA) is 9.23 Å². The molecule has 0 saturated heterocycles. The van der Waals surface area contributed by atoms with Crippen molar-refractivity contribution in [2.24, 2.45) is 0 Å². The molecule has 0 heterocycles. The van der Waals surface area contributed by atoms with Gasteiger partial charge in [0.25, 0.3) is 0 Å². The van der Waals surface area contributed by atoms with E-state index in [1.807, 2.05) is 24.3 Å². The molecule has 0 spiro atoms. The Morgan fingerprint density at radius 2 is 1.16 bits per heavy atom. The first-order valence-corrected chi connectivity index (χ1v) is 12.8. The SMILES string of the molecule is CCCCCCCC=Cc1ccc(C#Cc2ccc(OCCCCCCCC)cc2)cc1. The third kappa shape index (κ3) is 11.8. The van der Waals surface area contributed by atoms with Crippen molar-refractivity contribution < 1.29 is 4.74 Å². The second kappa shape index (κ2) is 17.1. The van der Waals surface area contributed by atoms with Gasteiger partial charge in [0, 0.05) is 11.1 Å². The zero-order valence-electron chi connectivity index (χ0n) is 20.4. The lowest BCUT2D eigenvalue weighted by Crippen LogP contribution is -1.97. The lowest BCUT2D eigenvalue weighted by Gasteiger charge is -2.06. The molecule has 1 nitrogen and oxygen atoms in total. The van der Waals surface area contributed by atoms with Crippen molar-refractivity contribution in [1.29, 1.82) is 0 Å². The average Bonchev–Trinajstić information content (AvgIpc) is 2.83. The summed E-state index contributed by atoms with van der Waals surface area (Å²) in [5, 5.41) is 0. The van der Waals surface area contributed by atoms with Gasteiger partial charge in [0.05, 0.1) is 6.61 Å². The minimum Gasteiger partial charge on any atom is -0.494 e. The fraction of sp³-hybridized carbons (Fsp3) is 0.484. The van der Waals surface area contributed by atoms with Crippen LogP contribution in [0.25, 0.3) is 6.08 Å². The van der Waals surface area contributed by atoms with Gasteiger partial charge in [-0.2, -0.15) is 0 Å². The molecule has 0 aliphatic heterocycles. The van der Waals surface area contributed by atoms with Crippen LogP contribution in [-0.2, 0) is 0 Å². The third-order valence-electron chi connectivity index (χ3n) is 5.67. The molecule has 0 bridgehead atoms. The van der Waals surface area contributed by atoms with Crippen molar-refractivity contribution >= 4 is 6.08 Å². The molecule has 0 saturated carbocycles. The Bertz CT molecular complexity index is 802. The van der Waals surface area contributed by atoms with Crippen LogP contribution in [0.1, 0.15) is 108 Å². The van der Waals surface area contributed by atoms with E-state index in [0.29, 0.717) is 0 Å². The molecular formula is C31H42O. The Kier molecular flexibility index (Phi) is 13.8. The van der Waals surface area contributed by atoms with Gasteiger partial charge in [-0.15, -0.1) is 0 Å². The summed E-state index contributed by atoms with van der Waals surface area (Å²) >= 11 is 0. The van der Waals surface area contributed by atoms with Crippen molar-refractivity contribution in [1.82, 2.24) is 0 Å². The van der Waals surface area contributed by atoms with Gasteiger partial charge in [0.15, 0.2) is 0 Å². The molecule has 0 aliphatic carbocycles. The Morgan fingerprint density at radius 3 is 1.78 bits per heavy atom. The Hall–Kier alpha value is -2.46. The maximum absolute atomic E-state index is 5.85. The van der Waals surface area contributed by atoms with E-state index < -0.39 is 0 Å². The average molecular weight is 431 g/mol. The largest absolute Gasteiger partial charge is 0.494 e. The van der Waals surface area contributed by atoms with Gasteiger partial charge < -0.3 is 4.74 Å². The highest BCUT2D eigenvalue weighted by Gasteiger charge is 1.95. The molecule has 0 unspecified atom stereocenters. The summed E-state index contributed by atoms with van der Waals surface area (Å²) in [5.41, 5.74) is 3.31. The van der Waals surface area contributed by atoms with E-state index in [1.54, 1.807) is 0 Å². The normalized spacial score (nSPS) is 10.8. The molecule has 0 amide bonds. The standard InChI is InChI=1S/C31H42O/c1-3-5-7-9-11-12-14-16-28-17-19-29(20-18-28)21-22-30-23-25-31(26-24-30)32-27-15-13-10-8-6-4-2/h14,16-20,23-26H,3-13,15,27H2,1-2H3. The number of hydrogen-bond acceptors (Lipinski definition) is 1. The molecule has 0 atom stereocenters. The molecule has 2 aromatic rings. The van der Waals surface area contributed by atoms with Gasteiger partial charge in [0.2, 0.25) is 0 Å². The number of ether oxygens (including phenoxy) is 1. The molecule has 172 valence electrons. The highest BCUT2D eigenvalue weighted by molar-refractivity contribution is 5.52. The summed E-state index contributed by atoms with van der Waals surface area (Å²) in [6, 6.07) is 16.6. The van der Waals surface area contributed by atoms with E-state index in [-0.39, 0.29) is 0 Å². The molecule has 1 heteroatoms. The molecule has 2 aromatic carbocycles. The van der Waals surface area contributed by atoms with Gasteiger partial charge in [-0.25, -0.2) is 0 Å². The number of unbranched alkanes of at least 4 members (excludes halogenated alkanes) is 10. The molecule has 0 aliphatic rings. The van der Waals surface area contributed by atoms with Crippen LogP contribution < -0.4 is 4.74 Å². The molecular weight excluding hydrogens is 388 g/mol. The van der Waals surface area contributed by atoms with E-state index in [2.05, 4.69) is 62.1 Å². The maximum Gasteiger partial charge on any atom is 0.119 e. The Morgan fingerprint density at radius 1 is 0.625 bits per heavy atom. The van der Waals surface area contributed by atoms with Gasteiger partial charge in [-0.3, -0.25) is 0 Å². The molecule has 0 radical (unpaired) electrons. The van der Waals surface area contributed by atoms with Crippen LogP contribution in [0, 0.1) is 11.8 Å². The summed E-state index contributed by atoms with van der Waals surface area (Å²) in [6.45, 7) is 5.32. The molecule has 0 aromatic heterocycles. The van der Waals surface area contributed by atoms with E-state index in [9.17, 15) is 0 Å². The van der Waals surface area contributed by atoms with Crippen LogP contribution in [0.3, 0.4) is 0 Å². The summed E-state index contributed by atoms with van der Waals surface area (Å²) in [7, 11) is 0. The number of rotatable bonds is 15. The number of hydrogen-bond donors (Lipinski definition) is 0. The van der Waals surface area contributed by atoms with Crippen LogP contribution in [0.4, 0.5) is 0 Å². The van der Waals surface area contributed by atoms with E-state index in [1.165, 1.54) is 76.2 Å². The highest BCUT2D eigenvalue weighted by atomic mass is 16.5. The third-order valence-corrected chi connectivity index (χ3v) is 5.67. The second-order valence-corrected chi connectivity index (χ2v) is 8.62. The first-order valence-electron chi connectivity index (χ1n) is 12.8. The van der Waals surface area contributed by atoms with Crippen LogP contribution >= 0.6 is 0 Å². The van der Waals surface area contributed by atoms with E-state index in [0.717, 1.165) is 29.9 Å². The minimum absolute atomic E-state index is 0.802.